The molecule has 2 nitrogen and oxygen atoms in total. The summed E-state index contributed by atoms with van der Waals surface area (Å²) in [6.07, 6.45) is 0.509. The van der Waals surface area contributed by atoms with E-state index in [0.29, 0.717) is 13.0 Å². The second-order valence-corrected chi connectivity index (χ2v) is 4.37. The number of rotatable bonds is 1. The normalized spacial score (nSPS) is 34.6. The molecule has 0 unspecified atom stereocenters. The molecule has 0 spiro atoms. The number of carbonyl (C=O) groups excluding carboxylic acids is 1. The molecule has 2 atom stereocenters. The first-order chi connectivity index (χ1) is 6.54. The number of halogens is 3. The van der Waals surface area contributed by atoms with Crippen LogP contribution in [0.3, 0.4) is 0 Å². The van der Waals surface area contributed by atoms with Gasteiger partial charge < -0.3 is 4.90 Å². The van der Waals surface area contributed by atoms with E-state index < -0.39 is 11.8 Å². The van der Waals surface area contributed by atoms with E-state index in [9.17, 15) is 13.6 Å². The van der Waals surface area contributed by atoms with Gasteiger partial charge in [-0.3, -0.25) is 4.79 Å². The molecule has 2 aliphatic rings. The molecule has 0 bridgehead atoms. The van der Waals surface area contributed by atoms with Crippen LogP contribution in [-0.4, -0.2) is 35.7 Å². The Kier molecular flexibility index (Phi) is 2.41. The summed E-state index contributed by atoms with van der Waals surface area (Å²) in [5.41, 5.74) is 0. The lowest BCUT2D eigenvalue weighted by molar-refractivity contribution is -0.128. The summed E-state index contributed by atoms with van der Waals surface area (Å²) < 4.78 is 26.5. The van der Waals surface area contributed by atoms with Crippen LogP contribution in [0.5, 0.6) is 0 Å². The van der Waals surface area contributed by atoms with Crippen molar-refractivity contribution in [3.63, 3.8) is 0 Å². The van der Waals surface area contributed by atoms with Crippen LogP contribution >= 0.6 is 11.6 Å². The Morgan fingerprint density at radius 2 is 2.21 bits per heavy atom. The standard InChI is InChI=1S/C9H12ClF2NO/c10-3-8(14)13-4-6-1-2-9(11,12)7(6)5-13/h6-7H,1-5H2/t6-,7+/m1/s1. The predicted molar refractivity (Wildman–Crippen MR) is 48.5 cm³/mol. The Bertz CT molecular complexity index is 259. The van der Waals surface area contributed by atoms with Gasteiger partial charge in [-0.2, -0.15) is 0 Å². The topological polar surface area (TPSA) is 20.3 Å². The van der Waals surface area contributed by atoms with Crippen molar-refractivity contribution in [1.82, 2.24) is 4.90 Å². The molecule has 1 saturated heterocycles. The lowest BCUT2D eigenvalue weighted by Crippen LogP contribution is -2.33. The van der Waals surface area contributed by atoms with E-state index in [4.69, 9.17) is 11.6 Å². The minimum atomic E-state index is -2.58. The lowest BCUT2D eigenvalue weighted by Gasteiger charge is -2.19. The summed E-state index contributed by atoms with van der Waals surface area (Å²) in [5.74, 6) is -3.56. The lowest BCUT2D eigenvalue weighted by atomic mass is 9.99. The Morgan fingerprint density at radius 1 is 1.50 bits per heavy atom. The van der Waals surface area contributed by atoms with Gasteiger partial charge in [0.2, 0.25) is 5.91 Å². The summed E-state index contributed by atoms with van der Waals surface area (Å²) in [5, 5.41) is 0. The van der Waals surface area contributed by atoms with E-state index in [1.54, 1.807) is 0 Å². The van der Waals surface area contributed by atoms with Gasteiger partial charge in [0.1, 0.15) is 5.88 Å². The molecule has 1 aliphatic carbocycles. The Hall–Kier alpha value is -0.380. The highest BCUT2D eigenvalue weighted by Crippen LogP contribution is 2.48. The molecular weight excluding hydrogens is 212 g/mol. The van der Waals surface area contributed by atoms with Crippen LogP contribution in [-0.2, 0) is 4.79 Å². The molecule has 1 amide bonds. The molecule has 2 fully saturated rings. The predicted octanol–water partition coefficient (Wildman–Crippen LogP) is 1.73. The van der Waals surface area contributed by atoms with E-state index in [-0.39, 0.29) is 30.7 Å². The highest BCUT2D eigenvalue weighted by Gasteiger charge is 2.54. The molecule has 0 aromatic heterocycles. The monoisotopic (exact) mass is 223 g/mol. The van der Waals surface area contributed by atoms with Gasteiger partial charge in [0.25, 0.3) is 5.92 Å². The number of hydrogen-bond donors (Lipinski definition) is 0. The first-order valence-corrected chi connectivity index (χ1v) is 5.29. The quantitative estimate of drug-likeness (QED) is 0.620. The smallest absolute Gasteiger partial charge is 0.252 e. The number of nitrogens with zero attached hydrogens (tertiary/aromatic N) is 1. The zero-order chi connectivity index (χ0) is 10.3. The van der Waals surface area contributed by atoms with Crippen LogP contribution in [0, 0.1) is 11.8 Å². The molecule has 1 saturated carbocycles. The maximum absolute atomic E-state index is 13.3. The molecule has 0 radical (unpaired) electrons. The number of carbonyl (C=O) groups is 1. The maximum Gasteiger partial charge on any atom is 0.252 e. The Balaban J connectivity index is 2.05. The number of alkyl halides is 3. The molecule has 2 rings (SSSR count). The Morgan fingerprint density at radius 3 is 2.79 bits per heavy atom. The van der Waals surface area contributed by atoms with Crippen molar-refractivity contribution in [2.75, 3.05) is 19.0 Å². The Labute approximate surface area is 86.2 Å². The van der Waals surface area contributed by atoms with Crippen LogP contribution in [0.25, 0.3) is 0 Å². The van der Waals surface area contributed by atoms with E-state index in [0.717, 1.165) is 0 Å². The fraction of sp³-hybridized carbons (Fsp3) is 0.889. The zero-order valence-corrected chi connectivity index (χ0v) is 8.44. The highest BCUT2D eigenvalue weighted by atomic mass is 35.5. The fourth-order valence-electron chi connectivity index (χ4n) is 2.49. The molecule has 0 aromatic rings. The van der Waals surface area contributed by atoms with Gasteiger partial charge in [-0.15, -0.1) is 11.6 Å². The van der Waals surface area contributed by atoms with Crippen LogP contribution in [0.4, 0.5) is 8.78 Å². The van der Waals surface area contributed by atoms with E-state index in [1.165, 1.54) is 4.90 Å². The van der Waals surface area contributed by atoms with E-state index in [2.05, 4.69) is 0 Å². The molecule has 0 aromatic carbocycles. The number of hydrogen-bond acceptors (Lipinski definition) is 1. The molecule has 80 valence electrons. The van der Waals surface area contributed by atoms with Gasteiger partial charge in [0.15, 0.2) is 0 Å². The van der Waals surface area contributed by atoms with Crippen molar-refractivity contribution < 1.29 is 13.6 Å². The van der Waals surface area contributed by atoms with Crippen molar-refractivity contribution in [1.29, 1.82) is 0 Å². The zero-order valence-electron chi connectivity index (χ0n) is 7.68. The molecular formula is C9H12ClF2NO. The van der Waals surface area contributed by atoms with E-state index >= 15 is 0 Å². The third-order valence-corrected chi connectivity index (χ3v) is 3.53. The van der Waals surface area contributed by atoms with E-state index in [1.807, 2.05) is 0 Å². The summed E-state index contributed by atoms with van der Waals surface area (Å²) in [6, 6.07) is 0. The fourth-order valence-corrected chi connectivity index (χ4v) is 2.66. The average Bonchev–Trinajstić information content (AvgIpc) is 2.67. The van der Waals surface area contributed by atoms with Gasteiger partial charge in [0.05, 0.1) is 0 Å². The number of likely N-dealkylation sites (tertiary alicyclic amines) is 1. The van der Waals surface area contributed by atoms with Gasteiger partial charge in [-0.1, -0.05) is 0 Å². The summed E-state index contributed by atoms with van der Waals surface area (Å²) in [6.45, 7) is 0.648. The number of amides is 1. The molecule has 1 heterocycles. The molecule has 0 N–H and O–H groups in total. The molecule has 5 heteroatoms. The average molecular weight is 224 g/mol. The SMILES string of the molecule is O=C(CCl)N1C[C@H]2CCC(F)(F)[C@H]2C1. The highest BCUT2D eigenvalue weighted by molar-refractivity contribution is 6.27. The van der Waals surface area contributed by atoms with Crippen molar-refractivity contribution in [2.24, 2.45) is 11.8 Å². The number of fused-ring (bicyclic) bond motifs is 1. The summed E-state index contributed by atoms with van der Waals surface area (Å²) >= 11 is 5.38. The second-order valence-electron chi connectivity index (χ2n) is 4.10. The van der Waals surface area contributed by atoms with Gasteiger partial charge in [-0.25, -0.2) is 8.78 Å². The van der Waals surface area contributed by atoms with Crippen molar-refractivity contribution >= 4 is 17.5 Å². The first kappa shape index (κ1) is 10.1. The van der Waals surface area contributed by atoms with Crippen LogP contribution in [0.1, 0.15) is 12.8 Å². The summed E-state index contributed by atoms with van der Waals surface area (Å²) in [7, 11) is 0. The maximum atomic E-state index is 13.3. The van der Waals surface area contributed by atoms with Gasteiger partial charge in [-0.05, 0) is 12.3 Å². The first-order valence-electron chi connectivity index (χ1n) is 4.76. The van der Waals surface area contributed by atoms with Crippen LogP contribution in [0.2, 0.25) is 0 Å². The minimum Gasteiger partial charge on any atom is -0.341 e. The molecule has 14 heavy (non-hydrogen) atoms. The van der Waals surface area contributed by atoms with Crippen LogP contribution < -0.4 is 0 Å². The molecule has 1 aliphatic heterocycles. The van der Waals surface area contributed by atoms with Crippen molar-refractivity contribution in [3.05, 3.63) is 0 Å². The van der Waals surface area contributed by atoms with Gasteiger partial charge in [0, 0.05) is 25.4 Å². The van der Waals surface area contributed by atoms with Crippen molar-refractivity contribution in [3.8, 4) is 0 Å². The van der Waals surface area contributed by atoms with Crippen LogP contribution in [0.15, 0.2) is 0 Å². The third-order valence-electron chi connectivity index (χ3n) is 3.30. The van der Waals surface area contributed by atoms with Gasteiger partial charge >= 0.3 is 0 Å². The van der Waals surface area contributed by atoms with Crippen molar-refractivity contribution in [2.45, 2.75) is 18.8 Å². The largest absolute Gasteiger partial charge is 0.341 e. The second kappa shape index (κ2) is 3.33. The third kappa shape index (κ3) is 1.49. The summed E-state index contributed by atoms with van der Waals surface area (Å²) in [4.78, 5) is 12.7. The minimum absolute atomic E-state index is 0.0165.